The Morgan fingerprint density at radius 2 is 2.20 bits per heavy atom. The quantitative estimate of drug-likeness (QED) is 0.934. The first-order valence-electron chi connectivity index (χ1n) is 6.04. The number of nitrogens with zero attached hydrogens (tertiary/aromatic N) is 2. The molecule has 0 bridgehead atoms. The minimum Gasteiger partial charge on any atom is -0.296 e. The summed E-state index contributed by atoms with van der Waals surface area (Å²) in [5, 5.41) is 11.8. The van der Waals surface area contributed by atoms with Gasteiger partial charge in [0.1, 0.15) is 10.8 Å². The van der Waals surface area contributed by atoms with Crippen LogP contribution in [0.3, 0.4) is 0 Å². The lowest BCUT2D eigenvalue weighted by atomic mass is 10.1. The zero-order valence-electron chi connectivity index (χ0n) is 11.0. The third-order valence-corrected chi connectivity index (χ3v) is 3.62. The first-order chi connectivity index (χ1) is 9.45. The van der Waals surface area contributed by atoms with E-state index in [0.29, 0.717) is 11.0 Å². The highest BCUT2D eigenvalue weighted by atomic mass is 35.5. The Morgan fingerprint density at radius 1 is 1.45 bits per heavy atom. The van der Waals surface area contributed by atoms with Gasteiger partial charge in [-0.25, -0.2) is 4.39 Å². The molecule has 1 amide bonds. The van der Waals surface area contributed by atoms with Crippen molar-refractivity contribution in [1.29, 1.82) is 0 Å². The largest absolute Gasteiger partial charge is 0.296 e. The molecule has 0 radical (unpaired) electrons. The monoisotopic (exact) mass is 313 g/mol. The number of benzene rings is 1. The fourth-order valence-corrected chi connectivity index (χ4v) is 2.77. The second kappa shape index (κ2) is 6.28. The minimum atomic E-state index is -0.485. The molecule has 2 rings (SSSR count). The van der Waals surface area contributed by atoms with Crippen molar-refractivity contribution in [2.24, 2.45) is 5.92 Å². The summed E-state index contributed by atoms with van der Waals surface area (Å²) in [6.45, 7) is 4.16. The molecule has 106 valence electrons. The van der Waals surface area contributed by atoms with Crippen LogP contribution in [0, 0.1) is 11.7 Å². The molecule has 1 heterocycles. The van der Waals surface area contributed by atoms with E-state index in [-0.39, 0.29) is 10.6 Å². The first-order valence-corrected chi connectivity index (χ1v) is 7.24. The second-order valence-electron chi connectivity index (χ2n) is 4.68. The molecule has 2 aromatic rings. The van der Waals surface area contributed by atoms with Gasteiger partial charge in [-0.05, 0) is 24.1 Å². The Hall–Kier alpha value is -1.53. The van der Waals surface area contributed by atoms with Crippen LogP contribution in [0.5, 0.6) is 0 Å². The first kappa shape index (κ1) is 14.9. The van der Waals surface area contributed by atoms with Crippen LogP contribution < -0.4 is 5.32 Å². The molecule has 0 saturated heterocycles. The van der Waals surface area contributed by atoms with Gasteiger partial charge in [-0.3, -0.25) is 10.1 Å². The Kier molecular flexibility index (Phi) is 4.67. The van der Waals surface area contributed by atoms with Crippen molar-refractivity contribution in [3.8, 4) is 0 Å². The van der Waals surface area contributed by atoms with Crippen LogP contribution in [0.25, 0.3) is 0 Å². The molecular formula is C13H13ClFN3OS. The van der Waals surface area contributed by atoms with Gasteiger partial charge in [-0.2, -0.15) is 0 Å². The number of nitrogens with one attached hydrogen (secondary N) is 1. The summed E-state index contributed by atoms with van der Waals surface area (Å²) < 4.78 is 12.9. The highest BCUT2D eigenvalue weighted by molar-refractivity contribution is 7.15. The molecule has 0 saturated carbocycles. The predicted octanol–water partition coefficient (Wildman–Crippen LogP) is 3.78. The molecule has 0 atom stereocenters. The molecule has 0 aliphatic carbocycles. The van der Waals surface area contributed by atoms with Crippen molar-refractivity contribution in [1.82, 2.24) is 10.2 Å². The van der Waals surface area contributed by atoms with Crippen LogP contribution in [-0.4, -0.2) is 16.1 Å². The molecule has 4 nitrogen and oxygen atoms in total. The van der Waals surface area contributed by atoms with Crippen LogP contribution in [-0.2, 0) is 6.42 Å². The summed E-state index contributed by atoms with van der Waals surface area (Å²) in [4.78, 5) is 12.0. The lowest BCUT2D eigenvalue weighted by Crippen LogP contribution is -2.12. The average molecular weight is 314 g/mol. The summed E-state index contributed by atoms with van der Waals surface area (Å²) in [7, 11) is 0. The summed E-state index contributed by atoms with van der Waals surface area (Å²) in [6.07, 6.45) is 0.810. The molecule has 1 aromatic heterocycles. The zero-order chi connectivity index (χ0) is 14.7. The van der Waals surface area contributed by atoms with E-state index in [9.17, 15) is 9.18 Å². The fraction of sp³-hybridized carbons (Fsp3) is 0.308. The van der Waals surface area contributed by atoms with Crippen LogP contribution in [0.15, 0.2) is 18.2 Å². The maximum absolute atomic E-state index is 12.9. The van der Waals surface area contributed by atoms with Crippen molar-refractivity contribution >= 4 is 34.0 Å². The number of anilines is 1. The van der Waals surface area contributed by atoms with E-state index >= 15 is 0 Å². The second-order valence-corrected chi connectivity index (χ2v) is 6.15. The molecule has 0 fully saturated rings. The van der Waals surface area contributed by atoms with Crippen LogP contribution in [0.4, 0.5) is 9.52 Å². The van der Waals surface area contributed by atoms with Crippen molar-refractivity contribution < 1.29 is 9.18 Å². The van der Waals surface area contributed by atoms with E-state index in [1.165, 1.54) is 23.5 Å². The van der Waals surface area contributed by atoms with E-state index < -0.39 is 11.7 Å². The summed E-state index contributed by atoms with van der Waals surface area (Å²) in [6, 6.07) is 3.62. The van der Waals surface area contributed by atoms with Gasteiger partial charge >= 0.3 is 0 Å². The summed E-state index contributed by atoms with van der Waals surface area (Å²) in [5.74, 6) is -0.443. The highest BCUT2D eigenvalue weighted by Gasteiger charge is 2.14. The smallest absolute Gasteiger partial charge is 0.259 e. The number of aromatic nitrogens is 2. The van der Waals surface area contributed by atoms with Gasteiger partial charge in [-0.15, -0.1) is 10.2 Å². The van der Waals surface area contributed by atoms with Gasteiger partial charge < -0.3 is 0 Å². The van der Waals surface area contributed by atoms with Crippen molar-refractivity contribution in [3.05, 3.63) is 39.6 Å². The van der Waals surface area contributed by atoms with Crippen molar-refractivity contribution in [2.75, 3.05) is 5.32 Å². The highest BCUT2D eigenvalue weighted by Crippen LogP contribution is 2.21. The van der Waals surface area contributed by atoms with Gasteiger partial charge in [0.2, 0.25) is 5.13 Å². The Balaban J connectivity index is 2.09. The van der Waals surface area contributed by atoms with E-state index in [0.717, 1.165) is 17.5 Å². The molecule has 7 heteroatoms. The normalized spacial score (nSPS) is 10.8. The molecule has 20 heavy (non-hydrogen) atoms. The third kappa shape index (κ3) is 3.74. The van der Waals surface area contributed by atoms with Gasteiger partial charge in [0.15, 0.2) is 0 Å². The summed E-state index contributed by atoms with van der Waals surface area (Å²) >= 11 is 7.15. The number of amides is 1. The fourth-order valence-electron chi connectivity index (χ4n) is 1.57. The van der Waals surface area contributed by atoms with E-state index in [4.69, 9.17) is 11.6 Å². The van der Waals surface area contributed by atoms with Crippen LogP contribution >= 0.6 is 22.9 Å². The van der Waals surface area contributed by atoms with Gasteiger partial charge in [0.25, 0.3) is 5.91 Å². The Bertz CT molecular complexity index is 630. The number of hydrogen-bond donors (Lipinski definition) is 1. The number of hydrogen-bond acceptors (Lipinski definition) is 4. The average Bonchev–Trinajstić information content (AvgIpc) is 2.75. The molecule has 0 aliphatic rings. The Morgan fingerprint density at radius 3 is 2.85 bits per heavy atom. The van der Waals surface area contributed by atoms with Crippen LogP contribution in [0.2, 0.25) is 5.02 Å². The van der Waals surface area contributed by atoms with Crippen molar-refractivity contribution in [3.63, 3.8) is 0 Å². The molecule has 1 aromatic carbocycles. The molecular weight excluding hydrogens is 301 g/mol. The lowest BCUT2D eigenvalue weighted by molar-refractivity contribution is 0.102. The maximum Gasteiger partial charge on any atom is 0.259 e. The van der Waals surface area contributed by atoms with E-state index in [1.807, 2.05) is 0 Å². The van der Waals surface area contributed by atoms with Gasteiger partial charge in [-0.1, -0.05) is 36.8 Å². The topological polar surface area (TPSA) is 54.9 Å². The zero-order valence-corrected chi connectivity index (χ0v) is 12.6. The molecule has 0 unspecified atom stereocenters. The van der Waals surface area contributed by atoms with E-state index in [2.05, 4.69) is 29.4 Å². The molecule has 1 N–H and O–H groups in total. The van der Waals surface area contributed by atoms with Gasteiger partial charge in [0.05, 0.1) is 10.6 Å². The number of carbonyl (C=O) groups is 1. The van der Waals surface area contributed by atoms with Gasteiger partial charge in [0, 0.05) is 6.42 Å². The predicted molar refractivity (Wildman–Crippen MR) is 77.8 cm³/mol. The van der Waals surface area contributed by atoms with Crippen molar-refractivity contribution in [2.45, 2.75) is 20.3 Å². The van der Waals surface area contributed by atoms with E-state index in [1.54, 1.807) is 0 Å². The third-order valence-electron chi connectivity index (χ3n) is 2.45. The lowest BCUT2D eigenvalue weighted by Gasteiger charge is -2.03. The Labute approximate surface area is 125 Å². The standard InChI is InChI=1S/C13H13ClFN3OS/c1-7(2)5-11-17-18-13(20-11)16-12(19)9-4-3-8(15)6-10(9)14/h3-4,6-7H,5H2,1-2H3,(H,16,18,19). The maximum atomic E-state index is 12.9. The summed E-state index contributed by atoms with van der Waals surface area (Å²) in [5.41, 5.74) is 0.202. The molecule has 0 aliphatic heterocycles. The minimum absolute atomic E-state index is 0.0643. The number of carbonyl (C=O) groups excluding carboxylic acids is 1. The number of rotatable bonds is 4. The molecule has 0 spiro atoms. The van der Waals surface area contributed by atoms with Crippen LogP contribution in [0.1, 0.15) is 29.2 Å². The SMILES string of the molecule is CC(C)Cc1nnc(NC(=O)c2ccc(F)cc2Cl)s1. The number of halogens is 2.